The highest BCUT2D eigenvalue weighted by Gasteiger charge is 2.12. The highest BCUT2D eigenvalue weighted by Crippen LogP contribution is 2.06. The Kier molecular flexibility index (Phi) is 3.98. The first-order valence-electron chi connectivity index (χ1n) is 4.48. The van der Waals surface area contributed by atoms with Gasteiger partial charge in [-0.1, -0.05) is 6.08 Å². The van der Waals surface area contributed by atoms with Crippen LogP contribution in [-0.2, 0) is 4.79 Å². The molecule has 1 aromatic rings. The molecule has 0 amide bonds. The number of aliphatic carboxylic acids is 1. The molecule has 0 aliphatic rings. The van der Waals surface area contributed by atoms with Crippen LogP contribution < -0.4 is 4.90 Å². The Morgan fingerprint density at radius 2 is 2.50 bits per heavy atom. The van der Waals surface area contributed by atoms with E-state index in [-0.39, 0.29) is 18.2 Å². The van der Waals surface area contributed by atoms with Crippen LogP contribution in [0.15, 0.2) is 24.9 Å². The van der Waals surface area contributed by atoms with Gasteiger partial charge in [-0.3, -0.25) is 4.79 Å². The number of aromatic nitrogens is 2. The summed E-state index contributed by atoms with van der Waals surface area (Å²) in [5, 5.41) is 17.4. The summed E-state index contributed by atoms with van der Waals surface area (Å²) in [7, 11) is 0. The van der Waals surface area contributed by atoms with Crippen LogP contribution in [0.5, 0.6) is 0 Å². The van der Waals surface area contributed by atoms with Crippen molar-refractivity contribution in [2.75, 3.05) is 18.0 Å². The van der Waals surface area contributed by atoms with Crippen molar-refractivity contribution >= 4 is 11.9 Å². The van der Waals surface area contributed by atoms with Crippen LogP contribution in [0.1, 0.15) is 5.69 Å². The number of hydrogen-bond donors (Lipinski definition) is 1. The second kappa shape index (κ2) is 5.46. The molecule has 82 valence electrons. The fourth-order valence-electron chi connectivity index (χ4n) is 1.10. The average Bonchev–Trinajstić information content (AvgIpc) is 2.28. The molecule has 1 N–H and O–H groups in total. The van der Waals surface area contributed by atoms with Crippen LogP contribution in [0, 0.1) is 11.3 Å². The molecule has 6 nitrogen and oxygen atoms in total. The molecule has 1 rings (SSSR count). The van der Waals surface area contributed by atoms with Gasteiger partial charge in [0.1, 0.15) is 18.3 Å². The topological polar surface area (TPSA) is 90.1 Å². The van der Waals surface area contributed by atoms with Crippen LogP contribution >= 0.6 is 0 Å². The van der Waals surface area contributed by atoms with Gasteiger partial charge in [-0.15, -0.1) is 6.58 Å². The van der Waals surface area contributed by atoms with Crippen molar-refractivity contribution in [1.29, 1.82) is 5.26 Å². The molecular formula is C10H10N4O2. The van der Waals surface area contributed by atoms with Crippen molar-refractivity contribution in [3.63, 3.8) is 0 Å². The number of carbonyl (C=O) groups is 1. The Hall–Kier alpha value is -2.42. The van der Waals surface area contributed by atoms with E-state index < -0.39 is 5.97 Å². The fourth-order valence-corrected chi connectivity index (χ4v) is 1.10. The number of nitriles is 1. The molecule has 1 aromatic heterocycles. The molecular weight excluding hydrogens is 208 g/mol. The molecule has 0 atom stereocenters. The van der Waals surface area contributed by atoms with Gasteiger partial charge in [0.25, 0.3) is 0 Å². The Morgan fingerprint density at radius 3 is 3.06 bits per heavy atom. The van der Waals surface area contributed by atoms with E-state index in [9.17, 15) is 4.79 Å². The number of nitrogens with zero attached hydrogens (tertiary/aromatic N) is 4. The average molecular weight is 218 g/mol. The maximum atomic E-state index is 10.6. The molecule has 0 aliphatic carbocycles. The van der Waals surface area contributed by atoms with Gasteiger partial charge in [-0.2, -0.15) is 5.26 Å². The number of hydrogen-bond acceptors (Lipinski definition) is 5. The van der Waals surface area contributed by atoms with E-state index in [1.807, 2.05) is 6.07 Å². The molecule has 0 spiro atoms. The highest BCUT2D eigenvalue weighted by atomic mass is 16.4. The SMILES string of the molecule is C=CCN(CC(=O)O)c1nccc(C#N)n1. The lowest BCUT2D eigenvalue weighted by Gasteiger charge is -2.18. The van der Waals surface area contributed by atoms with Crippen molar-refractivity contribution in [2.24, 2.45) is 0 Å². The van der Waals surface area contributed by atoms with E-state index in [2.05, 4.69) is 16.5 Å². The summed E-state index contributed by atoms with van der Waals surface area (Å²) in [4.78, 5) is 19.8. The zero-order valence-corrected chi connectivity index (χ0v) is 8.50. The van der Waals surface area contributed by atoms with Gasteiger partial charge in [0.05, 0.1) is 0 Å². The minimum Gasteiger partial charge on any atom is -0.480 e. The van der Waals surface area contributed by atoms with E-state index in [0.717, 1.165) is 0 Å². The molecule has 0 saturated heterocycles. The zero-order chi connectivity index (χ0) is 12.0. The van der Waals surface area contributed by atoms with E-state index in [1.165, 1.54) is 17.2 Å². The Bertz CT molecular complexity index is 439. The standard InChI is InChI=1S/C10H10N4O2/c1-2-5-14(7-9(15)16)10-12-4-3-8(6-11)13-10/h2-4H,1,5,7H2,(H,15,16). The van der Waals surface area contributed by atoms with Gasteiger partial charge in [0.15, 0.2) is 0 Å². The van der Waals surface area contributed by atoms with Crippen molar-refractivity contribution in [2.45, 2.75) is 0 Å². The third-order valence-corrected chi connectivity index (χ3v) is 1.72. The summed E-state index contributed by atoms with van der Waals surface area (Å²) in [6, 6.07) is 3.32. The lowest BCUT2D eigenvalue weighted by Crippen LogP contribution is -2.31. The van der Waals surface area contributed by atoms with Crippen molar-refractivity contribution < 1.29 is 9.90 Å². The molecule has 0 fully saturated rings. The minimum absolute atomic E-state index is 0.199. The summed E-state index contributed by atoms with van der Waals surface area (Å²) in [5.74, 6) is -0.783. The molecule has 0 radical (unpaired) electrons. The quantitative estimate of drug-likeness (QED) is 0.720. The number of rotatable bonds is 5. The van der Waals surface area contributed by atoms with Gasteiger partial charge in [0.2, 0.25) is 5.95 Å². The number of carboxylic acids is 1. The monoisotopic (exact) mass is 218 g/mol. The van der Waals surface area contributed by atoms with Gasteiger partial charge in [-0.05, 0) is 6.07 Å². The fraction of sp³-hybridized carbons (Fsp3) is 0.200. The molecule has 0 aromatic carbocycles. The molecule has 16 heavy (non-hydrogen) atoms. The predicted molar refractivity (Wildman–Crippen MR) is 56.8 cm³/mol. The van der Waals surface area contributed by atoms with Crippen molar-refractivity contribution in [1.82, 2.24) is 9.97 Å². The largest absolute Gasteiger partial charge is 0.480 e. The van der Waals surface area contributed by atoms with Gasteiger partial charge < -0.3 is 10.0 Å². The minimum atomic E-state index is -0.993. The van der Waals surface area contributed by atoms with E-state index >= 15 is 0 Å². The lowest BCUT2D eigenvalue weighted by atomic mass is 10.4. The van der Waals surface area contributed by atoms with E-state index in [4.69, 9.17) is 10.4 Å². The van der Waals surface area contributed by atoms with Gasteiger partial charge in [-0.25, -0.2) is 9.97 Å². The van der Waals surface area contributed by atoms with Gasteiger partial charge in [0, 0.05) is 12.7 Å². The molecule has 1 heterocycles. The third kappa shape index (κ3) is 3.06. The normalized spacial score (nSPS) is 9.19. The Morgan fingerprint density at radius 1 is 1.75 bits per heavy atom. The Labute approximate surface area is 92.5 Å². The maximum Gasteiger partial charge on any atom is 0.323 e. The number of carboxylic acid groups (broad SMARTS) is 1. The van der Waals surface area contributed by atoms with E-state index in [1.54, 1.807) is 6.08 Å². The molecule has 0 saturated carbocycles. The zero-order valence-electron chi connectivity index (χ0n) is 8.50. The third-order valence-electron chi connectivity index (χ3n) is 1.72. The van der Waals surface area contributed by atoms with Crippen LogP contribution in [0.3, 0.4) is 0 Å². The van der Waals surface area contributed by atoms with Crippen molar-refractivity contribution in [3.8, 4) is 6.07 Å². The predicted octanol–water partition coefficient (Wildman–Crippen LogP) is 0.425. The second-order valence-electron chi connectivity index (χ2n) is 2.92. The summed E-state index contributed by atoms with van der Waals surface area (Å²) in [6.07, 6.45) is 2.96. The lowest BCUT2D eigenvalue weighted by molar-refractivity contribution is -0.135. The summed E-state index contributed by atoms with van der Waals surface area (Å²) in [5.41, 5.74) is 0.199. The second-order valence-corrected chi connectivity index (χ2v) is 2.92. The van der Waals surface area contributed by atoms with Crippen LogP contribution in [0.25, 0.3) is 0 Å². The summed E-state index contributed by atoms with van der Waals surface area (Å²) >= 11 is 0. The Balaban J connectivity index is 2.96. The highest BCUT2D eigenvalue weighted by molar-refractivity contribution is 5.72. The number of anilines is 1. The van der Waals surface area contributed by atoms with Crippen LogP contribution in [0.4, 0.5) is 5.95 Å². The molecule has 0 bridgehead atoms. The summed E-state index contributed by atoms with van der Waals surface area (Å²) in [6.45, 7) is 3.59. The van der Waals surface area contributed by atoms with Crippen molar-refractivity contribution in [3.05, 3.63) is 30.6 Å². The molecule has 0 aliphatic heterocycles. The first-order valence-corrected chi connectivity index (χ1v) is 4.48. The maximum absolute atomic E-state index is 10.6. The molecule has 6 heteroatoms. The molecule has 0 unspecified atom stereocenters. The van der Waals surface area contributed by atoms with Gasteiger partial charge >= 0.3 is 5.97 Å². The van der Waals surface area contributed by atoms with Crippen LogP contribution in [0.2, 0.25) is 0 Å². The smallest absolute Gasteiger partial charge is 0.323 e. The first-order chi connectivity index (χ1) is 7.67. The van der Waals surface area contributed by atoms with E-state index in [0.29, 0.717) is 6.54 Å². The first kappa shape index (κ1) is 11.7. The van der Waals surface area contributed by atoms with Crippen LogP contribution in [-0.4, -0.2) is 34.1 Å². The summed E-state index contributed by atoms with van der Waals surface area (Å²) < 4.78 is 0.